The fraction of sp³-hybridized carbons (Fsp3) is 0.435. The molecule has 0 atom stereocenters. The van der Waals surface area contributed by atoms with Gasteiger partial charge in [0.15, 0.2) is 0 Å². The van der Waals surface area contributed by atoms with E-state index >= 15 is 0 Å². The van der Waals surface area contributed by atoms with Crippen molar-refractivity contribution in [2.24, 2.45) is 5.41 Å². The van der Waals surface area contributed by atoms with Crippen molar-refractivity contribution in [2.45, 2.75) is 32.7 Å². The van der Waals surface area contributed by atoms with E-state index in [1.807, 2.05) is 30.3 Å². The summed E-state index contributed by atoms with van der Waals surface area (Å²) in [5, 5.41) is 0. The second-order valence-corrected chi connectivity index (χ2v) is 7.91. The fourth-order valence-electron chi connectivity index (χ4n) is 4.60. The number of benzene rings is 2. The van der Waals surface area contributed by atoms with E-state index in [2.05, 4.69) is 41.0 Å². The SMILES string of the molecule is CCN1CCC2(CC1)Cc1ccccc1CN(C(=O)c1ccccc1)C2. The van der Waals surface area contributed by atoms with Crippen LogP contribution in [0.15, 0.2) is 54.6 Å². The van der Waals surface area contributed by atoms with E-state index in [1.54, 1.807) is 0 Å². The number of likely N-dealkylation sites (tertiary alicyclic amines) is 1. The highest BCUT2D eigenvalue weighted by atomic mass is 16.2. The Balaban J connectivity index is 1.66. The zero-order valence-corrected chi connectivity index (χ0v) is 15.7. The molecule has 0 saturated carbocycles. The Morgan fingerprint density at radius 2 is 1.62 bits per heavy atom. The number of hydrogen-bond donors (Lipinski definition) is 0. The predicted octanol–water partition coefficient (Wildman–Crippen LogP) is 3.99. The predicted molar refractivity (Wildman–Crippen MR) is 105 cm³/mol. The maximum absolute atomic E-state index is 13.2. The van der Waals surface area contributed by atoms with Crippen molar-refractivity contribution in [1.82, 2.24) is 9.80 Å². The highest BCUT2D eigenvalue weighted by Crippen LogP contribution is 2.39. The Bertz CT molecular complexity index is 763. The van der Waals surface area contributed by atoms with Gasteiger partial charge in [0, 0.05) is 18.7 Å². The molecule has 2 aromatic rings. The molecule has 0 unspecified atom stereocenters. The van der Waals surface area contributed by atoms with Gasteiger partial charge in [0.1, 0.15) is 0 Å². The first-order chi connectivity index (χ1) is 12.7. The van der Waals surface area contributed by atoms with Crippen LogP contribution < -0.4 is 0 Å². The third kappa shape index (κ3) is 3.41. The summed E-state index contributed by atoms with van der Waals surface area (Å²) in [7, 11) is 0. The van der Waals surface area contributed by atoms with Crippen molar-refractivity contribution in [3.8, 4) is 0 Å². The molecule has 2 aliphatic heterocycles. The number of fused-ring (bicyclic) bond motifs is 1. The third-order valence-corrected chi connectivity index (χ3v) is 6.24. The molecule has 2 heterocycles. The van der Waals surface area contributed by atoms with E-state index in [0.29, 0.717) is 0 Å². The molecule has 4 rings (SSSR count). The molecule has 0 aliphatic carbocycles. The molecule has 1 saturated heterocycles. The van der Waals surface area contributed by atoms with Crippen molar-refractivity contribution in [3.05, 3.63) is 71.3 Å². The highest BCUT2D eigenvalue weighted by molar-refractivity contribution is 5.94. The molecule has 0 aromatic heterocycles. The van der Waals surface area contributed by atoms with Crippen molar-refractivity contribution in [2.75, 3.05) is 26.2 Å². The number of amides is 1. The first-order valence-corrected chi connectivity index (χ1v) is 9.83. The van der Waals surface area contributed by atoms with Crippen LogP contribution in [-0.2, 0) is 13.0 Å². The van der Waals surface area contributed by atoms with Gasteiger partial charge in [-0.1, -0.05) is 49.4 Å². The van der Waals surface area contributed by atoms with Gasteiger partial charge in [-0.3, -0.25) is 4.79 Å². The summed E-state index contributed by atoms with van der Waals surface area (Å²) in [6.07, 6.45) is 3.45. The molecule has 26 heavy (non-hydrogen) atoms. The molecule has 136 valence electrons. The lowest BCUT2D eigenvalue weighted by atomic mass is 9.73. The van der Waals surface area contributed by atoms with Crippen LogP contribution in [0.5, 0.6) is 0 Å². The summed E-state index contributed by atoms with van der Waals surface area (Å²) in [5.41, 5.74) is 3.75. The summed E-state index contributed by atoms with van der Waals surface area (Å²) in [4.78, 5) is 17.9. The first kappa shape index (κ1) is 17.3. The third-order valence-electron chi connectivity index (χ3n) is 6.24. The number of hydrogen-bond acceptors (Lipinski definition) is 2. The molecule has 2 aromatic carbocycles. The Morgan fingerprint density at radius 3 is 2.31 bits per heavy atom. The van der Waals surface area contributed by atoms with Gasteiger partial charge in [0.25, 0.3) is 5.91 Å². The largest absolute Gasteiger partial charge is 0.334 e. The number of rotatable bonds is 2. The van der Waals surface area contributed by atoms with Crippen LogP contribution in [0, 0.1) is 5.41 Å². The lowest BCUT2D eigenvalue weighted by Gasteiger charge is -2.43. The van der Waals surface area contributed by atoms with Crippen LogP contribution in [0.1, 0.15) is 41.3 Å². The molecular formula is C23H28N2O. The number of nitrogens with zero attached hydrogens (tertiary/aromatic N) is 2. The van der Waals surface area contributed by atoms with Crippen LogP contribution in [0.2, 0.25) is 0 Å². The Kier molecular flexibility index (Phi) is 4.82. The topological polar surface area (TPSA) is 23.6 Å². The van der Waals surface area contributed by atoms with Gasteiger partial charge in [0.05, 0.1) is 0 Å². The lowest BCUT2D eigenvalue weighted by Crippen LogP contribution is -2.47. The van der Waals surface area contributed by atoms with Gasteiger partial charge in [-0.2, -0.15) is 0 Å². The van der Waals surface area contributed by atoms with Crippen LogP contribution >= 0.6 is 0 Å². The number of carbonyl (C=O) groups is 1. The first-order valence-electron chi connectivity index (χ1n) is 9.83. The summed E-state index contributed by atoms with van der Waals surface area (Å²) in [6.45, 7) is 7.25. The number of carbonyl (C=O) groups excluding carboxylic acids is 1. The van der Waals surface area contributed by atoms with Crippen molar-refractivity contribution in [1.29, 1.82) is 0 Å². The fourth-order valence-corrected chi connectivity index (χ4v) is 4.60. The molecule has 2 aliphatic rings. The molecule has 1 amide bonds. The normalized spacial score (nSPS) is 19.8. The highest BCUT2D eigenvalue weighted by Gasteiger charge is 2.39. The van der Waals surface area contributed by atoms with Gasteiger partial charge < -0.3 is 9.80 Å². The summed E-state index contributed by atoms with van der Waals surface area (Å²) in [6, 6.07) is 18.4. The smallest absolute Gasteiger partial charge is 0.254 e. The van der Waals surface area contributed by atoms with Crippen LogP contribution in [0.25, 0.3) is 0 Å². The van der Waals surface area contributed by atoms with Crippen LogP contribution in [0.4, 0.5) is 0 Å². The molecular weight excluding hydrogens is 320 g/mol. The van der Waals surface area contributed by atoms with Gasteiger partial charge in [-0.05, 0) is 67.6 Å². The lowest BCUT2D eigenvalue weighted by molar-refractivity contribution is 0.0480. The van der Waals surface area contributed by atoms with Crippen LogP contribution in [-0.4, -0.2) is 41.9 Å². The van der Waals surface area contributed by atoms with E-state index < -0.39 is 0 Å². The summed E-state index contributed by atoms with van der Waals surface area (Å²) >= 11 is 0. The minimum absolute atomic E-state index is 0.166. The molecule has 3 heteroatoms. The zero-order chi connectivity index (χ0) is 18.0. The molecule has 1 spiro atoms. The van der Waals surface area contributed by atoms with Crippen LogP contribution in [0.3, 0.4) is 0 Å². The Labute approximate surface area is 156 Å². The second-order valence-electron chi connectivity index (χ2n) is 7.91. The van der Waals surface area contributed by atoms with Gasteiger partial charge in [-0.25, -0.2) is 0 Å². The van der Waals surface area contributed by atoms with E-state index in [1.165, 1.54) is 24.0 Å². The maximum atomic E-state index is 13.2. The van der Waals surface area contributed by atoms with E-state index in [4.69, 9.17) is 0 Å². The maximum Gasteiger partial charge on any atom is 0.254 e. The monoisotopic (exact) mass is 348 g/mol. The van der Waals surface area contributed by atoms with E-state index in [0.717, 1.165) is 44.7 Å². The average molecular weight is 348 g/mol. The van der Waals surface area contributed by atoms with Gasteiger partial charge in [0.2, 0.25) is 0 Å². The average Bonchev–Trinajstić information content (AvgIpc) is 2.85. The van der Waals surface area contributed by atoms with E-state index in [9.17, 15) is 4.79 Å². The van der Waals surface area contributed by atoms with E-state index in [-0.39, 0.29) is 11.3 Å². The van der Waals surface area contributed by atoms with Gasteiger partial charge >= 0.3 is 0 Å². The van der Waals surface area contributed by atoms with Crippen molar-refractivity contribution in [3.63, 3.8) is 0 Å². The summed E-state index contributed by atoms with van der Waals surface area (Å²) < 4.78 is 0. The molecule has 1 fully saturated rings. The van der Waals surface area contributed by atoms with Crippen molar-refractivity contribution >= 4 is 5.91 Å². The second kappa shape index (κ2) is 7.24. The quantitative estimate of drug-likeness (QED) is 0.819. The Hall–Kier alpha value is -2.13. The minimum atomic E-state index is 0.166. The zero-order valence-electron chi connectivity index (χ0n) is 15.7. The summed E-state index contributed by atoms with van der Waals surface area (Å²) in [5.74, 6) is 0.166. The molecule has 3 nitrogen and oxygen atoms in total. The Morgan fingerprint density at radius 1 is 0.962 bits per heavy atom. The van der Waals surface area contributed by atoms with Gasteiger partial charge in [-0.15, -0.1) is 0 Å². The van der Waals surface area contributed by atoms with Crippen molar-refractivity contribution < 1.29 is 4.79 Å². The molecule has 0 radical (unpaired) electrons. The molecule has 0 N–H and O–H groups in total. The minimum Gasteiger partial charge on any atom is -0.334 e. The standard InChI is InChI=1S/C23H28N2O/c1-2-24-14-12-23(13-15-24)16-20-10-6-7-11-21(20)17-25(18-23)22(26)19-8-4-3-5-9-19/h3-11H,2,12-18H2,1H3. The molecule has 0 bridgehead atoms. The number of piperidine rings is 1.